The number of fused-ring (bicyclic) bond motifs is 1. The van der Waals surface area contributed by atoms with Crippen molar-refractivity contribution in [3.05, 3.63) is 58.1 Å². The van der Waals surface area contributed by atoms with Gasteiger partial charge in [0, 0.05) is 15.9 Å². The number of likely N-dealkylation sites (tertiary alicyclic amines) is 1. The fraction of sp³-hybridized carbons (Fsp3) is 0.381. The van der Waals surface area contributed by atoms with Crippen molar-refractivity contribution in [2.24, 2.45) is 0 Å². The third kappa shape index (κ3) is 3.45. The highest BCUT2D eigenvalue weighted by molar-refractivity contribution is 9.10. The fourth-order valence-electron chi connectivity index (χ4n) is 3.70. The number of thioether (sulfide) groups is 1. The number of rotatable bonds is 4. The van der Waals surface area contributed by atoms with Gasteiger partial charge in [-0.25, -0.2) is 0 Å². The molecule has 2 aliphatic rings. The average molecular weight is 432 g/mol. The molecule has 0 radical (unpaired) electrons. The van der Waals surface area contributed by atoms with Gasteiger partial charge in [0.2, 0.25) is 0 Å². The van der Waals surface area contributed by atoms with Gasteiger partial charge in [0.25, 0.3) is 0 Å². The second kappa shape index (κ2) is 7.37. The van der Waals surface area contributed by atoms with Crippen LogP contribution < -0.4 is 4.74 Å². The third-order valence-electron chi connectivity index (χ3n) is 5.11. The summed E-state index contributed by atoms with van der Waals surface area (Å²) in [6.07, 6.45) is 2.42. The predicted molar refractivity (Wildman–Crippen MR) is 109 cm³/mol. The summed E-state index contributed by atoms with van der Waals surface area (Å²) in [5, 5.41) is 0. The van der Waals surface area contributed by atoms with Crippen molar-refractivity contribution in [3.63, 3.8) is 0 Å². The largest absolute Gasteiger partial charge is 0.491 e. The van der Waals surface area contributed by atoms with E-state index in [0.29, 0.717) is 17.9 Å². The molecule has 5 heteroatoms. The Morgan fingerprint density at radius 1 is 1.19 bits per heavy atom. The minimum atomic E-state index is -0.604. The minimum Gasteiger partial charge on any atom is -0.491 e. The van der Waals surface area contributed by atoms with Crippen LogP contribution in [0.2, 0.25) is 0 Å². The van der Waals surface area contributed by atoms with Crippen LogP contribution in [0.1, 0.15) is 28.8 Å². The van der Waals surface area contributed by atoms with Gasteiger partial charge in [-0.15, -0.1) is 11.8 Å². The van der Waals surface area contributed by atoms with Crippen molar-refractivity contribution in [1.82, 2.24) is 4.90 Å². The molecule has 2 aliphatic heterocycles. The van der Waals surface area contributed by atoms with Crippen LogP contribution in [0.15, 0.2) is 51.8 Å². The molecule has 0 unspecified atom stereocenters. The van der Waals surface area contributed by atoms with Crippen molar-refractivity contribution in [3.8, 4) is 5.75 Å². The molecule has 2 aromatic carbocycles. The lowest BCUT2D eigenvalue weighted by Gasteiger charge is -2.38. The van der Waals surface area contributed by atoms with E-state index in [4.69, 9.17) is 4.74 Å². The average Bonchev–Trinajstić information content (AvgIpc) is 3.14. The summed E-state index contributed by atoms with van der Waals surface area (Å²) < 4.78 is 6.49. The zero-order chi connectivity index (χ0) is 18.1. The summed E-state index contributed by atoms with van der Waals surface area (Å²) in [6.45, 7) is 5.29. The smallest absolute Gasteiger partial charge is 0.187 e. The summed E-state index contributed by atoms with van der Waals surface area (Å²) >= 11 is 5.22. The summed E-state index contributed by atoms with van der Waals surface area (Å²) in [7, 11) is 0. The van der Waals surface area contributed by atoms with Gasteiger partial charge in [0.1, 0.15) is 17.1 Å². The number of halogens is 1. The molecule has 0 N–H and O–H groups in total. The van der Waals surface area contributed by atoms with Gasteiger partial charge in [-0.05, 0) is 62.7 Å². The van der Waals surface area contributed by atoms with Crippen LogP contribution in [0, 0.1) is 6.92 Å². The van der Waals surface area contributed by atoms with Crippen LogP contribution in [0.5, 0.6) is 5.75 Å². The Kier molecular flexibility index (Phi) is 5.13. The molecule has 26 heavy (non-hydrogen) atoms. The Labute approximate surface area is 167 Å². The van der Waals surface area contributed by atoms with E-state index in [0.717, 1.165) is 34.6 Å². The van der Waals surface area contributed by atoms with E-state index >= 15 is 0 Å². The fourth-order valence-corrected chi connectivity index (χ4v) is 5.35. The zero-order valence-electron chi connectivity index (χ0n) is 14.8. The molecule has 4 rings (SSSR count). The number of carbonyl (C=O) groups is 1. The van der Waals surface area contributed by atoms with Crippen molar-refractivity contribution in [2.45, 2.75) is 29.4 Å². The molecule has 3 nitrogen and oxygen atoms in total. The molecule has 0 amide bonds. The second-order valence-electron chi connectivity index (χ2n) is 7.11. The third-order valence-corrected chi connectivity index (χ3v) is 7.30. The molecule has 2 aromatic rings. The quantitative estimate of drug-likeness (QED) is 0.683. The molecule has 1 atom stereocenters. The van der Waals surface area contributed by atoms with Gasteiger partial charge >= 0.3 is 0 Å². The molecule has 0 spiro atoms. The van der Waals surface area contributed by atoms with Crippen molar-refractivity contribution in [1.29, 1.82) is 0 Å². The molecule has 0 aliphatic carbocycles. The zero-order valence-corrected chi connectivity index (χ0v) is 17.2. The summed E-state index contributed by atoms with van der Waals surface area (Å²) in [5.74, 6) is 0.890. The number of benzene rings is 2. The second-order valence-corrected chi connectivity index (χ2v) is 9.42. The van der Waals surface area contributed by atoms with E-state index in [2.05, 4.69) is 33.0 Å². The standard InChI is InChI=1S/C21H22BrNO2S/c1-15-11-19-17(12-18(15)22)20(24)21(14-25-19,13-23-9-5-6-10-23)26-16-7-3-2-4-8-16/h2-4,7-8,11-12H,5-6,9-10,13-14H2,1H3/t21-/m0/s1. The molecule has 136 valence electrons. The van der Waals surface area contributed by atoms with Crippen LogP contribution in [-0.4, -0.2) is 41.7 Å². The van der Waals surface area contributed by atoms with Crippen LogP contribution >= 0.6 is 27.7 Å². The lowest BCUT2D eigenvalue weighted by Crippen LogP contribution is -2.52. The number of ether oxygens (including phenoxy) is 1. The topological polar surface area (TPSA) is 29.5 Å². The Morgan fingerprint density at radius 3 is 2.65 bits per heavy atom. The van der Waals surface area contributed by atoms with E-state index in [-0.39, 0.29) is 5.78 Å². The van der Waals surface area contributed by atoms with Crippen LogP contribution in [-0.2, 0) is 0 Å². The number of Topliss-reactive ketones (excluding diaryl/α,β-unsaturated/α-hetero) is 1. The van der Waals surface area contributed by atoms with E-state index < -0.39 is 4.75 Å². The Bertz CT molecular complexity index is 820. The number of hydrogen-bond acceptors (Lipinski definition) is 4. The lowest BCUT2D eigenvalue weighted by molar-refractivity contribution is 0.0832. The number of nitrogens with zero attached hydrogens (tertiary/aromatic N) is 1. The highest BCUT2D eigenvalue weighted by Gasteiger charge is 2.47. The van der Waals surface area contributed by atoms with Gasteiger partial charge in [0.05, 0.1) is 5.56 Å². The SMILES string of the molecule is Cc1cc2c(cc1Br)C(=O)[C@@](CN1CCCC1)(Sc1ccccc1)CO2. The Balaban J connectivity index is 1.72. The first-order valence-electron chi connectivity index (χ1n) is 9.02. The molecule has 2 heterocycles. The van der Waals surface area contributed by atoms with Gasteiger partial charge in [-0.2, -0.15) is 0 Å². The van der Waals surface area contributed by atoms with E-state index in [1.807, 2.05) is 37.3 Å². The lowest BCUT2D eigenvalue weighted by atomic mass is 9.92. The maximum Gasteiger partial charge on any atom is 0.187 e. The first kappa shape index (κ1) is 18.1. The maximum absolute atomic E-state index is 13.6. The number of aryl methyl sites for hydroxylation is 1. The molecule has 1 fully saturated rings. The van der Waals surface area contributed by atoms with E-state index in [1.54, 1.807) is 11.8 Å². The van der Waals surface area contributed by atoms with Crippen LogP contribution in [0.3, 0.4) is 0 Å². The molecule has 0 bridgehead atoms. The normalized spacial score (nSPS) is 22.9. The predicted octanol–water partition coefficient (Wildman–Crippen LogP) is 4.96. The van der Waals surface area contributed by atoms with Crippen molar-refractivity contribution in [2.75, 3.05) is 26.2 Å². The minimum absolute atomic E-state index is 0.181. The molecular weight excluding hydrogens is 410 g/mol. The molecular formula is C21H22BrNO2S. The van der Waals surface area contributed by atoms with E-state index in [1.165, 1.54) is 12.8 Å². The maximum atomic E-state index is 13.6. The number of ketones is 1. The first-order chi connectivity index (χ1) is 12.6. The summed E-state index contributed by atoms with van der Waals surface area (Å²) in [5.41, 5.74) is 1.77. The van der Waals surface area contributed by atoms with Crippen LogP contribution in [0.4, 0.5) is 0 Å². The van der Waals surface area contributed by atoms with Gasteiger partial charge in [-0.1, -0.05) is 34.1 Å². The molecule has 0 saturated carbocycles. The Morgan fingerprint density at radius 2 is 1.92 bits per heavy atom. The Hall–Kier alpha value is -1.30. The first-order valence-corrected chi connectivity index (χ1v) is 10.6. The number of hydrogen-bond donors (Lipinski definition) is 0. The number of carbonyl (C=O) groups excluding carboxylic acids is 1. The molecule has 1 saturated heterocycles. The van der Waals surface area contributed by atoms with Gasteiger partial charge in [0.15, 0.2) is 5.78 Å². The highest BCUT2D eigenvalue weighted by Crippen LogP contribution is 2.43. The van der Waals surface area contributed by atoms with Gasteiger partial charge in [-0.3, -0.25) is 4.79 Å². The summed E-state index contributed by atoms with van der Waals surface area (Å²) in [4.78, 5) is 17.2. The monoisotopic (exact) mass is 431 g/mol. The van der Waals surface area contributed by atoms with Crippen molar-refractivity contribution < 1.29 is 9.53 Å². The van der Waals surface area contributed by atoms with Crippen LogP contribution in [0.25, 0.3) is 0 Å². The van der Waals surface area contributed by atoms with Gasteiger partial charge < -0.3 is 9.64 Å². The summed E-state index contributed by atoms with van der Waals surface area (Å²) in [6, 6.07) is 14.1. The van der Waals surface area contributed by atoms with E-state index in [9.17, 15) is 4.79 Å². The molecule has 0 aromatic heterocycles. The van der Waals surface area contributed by atoms with Crippen molar-refractivity contribution >= 4 is 33.5 Å². The highest BCUT2D eigenvalue weighted by atomic mass is 79.9.